The number of aromatic nitrogens is 3. The maximum absolute atomic E-state index is 14.2. The van der Waals surface area contributed by atoms with Gasteiger partial charge in [0.05, 0.1) is 24.6 Å². The fourth-order valence-corrected chi connectivity index (χ4v) is 2.83. The number of ether oxygens (including phenoxy) is 1. The Morgan fingerprint density at radius 3 is 2.96 bits per heavy atom. The minimum atomic E-state index is -0.497. The third-order valence-electron chi connectivity index (χ3n) is 3.11. The van der Waals surface area contributed by atoms with E-state index in [1.54, 1.807) is 35.4 Å². The van der Waals surface area contributed by atoms with Gasteiger partial charge in [-0.3, -0.25) is 9.48 Å². The van der Waals surface area contributed by atoms with Crippen LogP contribution in [-0.2, 0) is 7.05 Å². The molecule has 3 aromatic rings. The Morgan fingerprint density at radius 1 is 1.43 bits per heavy atom. The zero-order chi connectivity index (χ0) is 16.4. The predicted molar refractivity (Wildman–Crippen MR) is 85.2 cm³/mol. The van der Waals surface area contributed by atoms with Gasteiger partial charge >= 0.3 is 0 Å². The lowest BCUT2D eigenvalue weighted by Gasteiger charge is -2.04. The molecule has 1 N–H and O–H groups in total. The zero-order valence-corrected chi connectivity index (χ0v) is 13.2. The molecule has 0 aliphatic carbocycles. The number of thiazole rings is 1. The molecule has 118 valence electrons. The molecule has 0 radical (unpaired) electrons. The summed E-state index contributed by atoms with van der Waals surface area (Å²) in [7, 11) is 3.15. The van der Waals surface area contributed by atoms with E-state index in [-0.39, 0.29) is 17.4 Å². The van der Waals surface area contributed by atoms with E-state index < -0.39 is 5.82 Å². The molecule has 2 heterocycles. The van der Waals surface area contributed by atoms with Crippen molar-refractivity contribution in [1.82, 2.24) is 14.8 Å². The highest BCUT2D eigenvalue weighted by atomic mass is 32.1. The Hall–Kier alpha value is -2.74. The van der Waals surface area contributed by atoms with Gasteiger partial charge in [-0.25, -0.2) is 9.37 Å². The van der Waals surface area contributed by atoms with E-state index in [2.05, 4.69) is 15.4 Å². The van der Waals surface area contributed by atoms with Gasteiger partial charge in [-0.15, -0.1) is 11.3 Å². The summed E-state index contributed by atoms with van der Waals surface area (Å²) in [6.45, 7) is 0. The first-order chi connectivity index (χ1) is 11.1. The summed E-state index contributed by atoms with van der Waals surface area (Å²) in [6.07, 6.45) is 3.21. The first kappa shape index (κ1) is 15.2. The Balaban J connectivity index is 1.84. The molecule has 0 aliphatic rings. The quantitative estimate of drug-likeness (QED) is 0.797. The van der Waals surface area contributed by atoms with Gasteiger partial charge in [0.25, 0.3) is 5.91 Å². The zero-order valence-electron chi connectivity index (χ0n) is 12.4. The molecule has 1 amide bonds. The number of benzene rings is 1. The van der Waals surface area contributed by atoms with E-state index in [1.807, 2.05) is 0 Å². The Labute approximate surface area is 135 Å². The number of amides is 1. The molecule has 3 rings (SSSR count). The Bertz CT molecular complexity index is 859. The molecule has 23 heavy (non-hydrogen) atoms. The maximum atomic E-state index is 14.2. The van der Waals surface area contributed by atoms with Crippen LogP contribution in [-0.4, -0.2) is 27.8 Å². The van der Waals surface area contributed by atoms with Crippen LogP contribution in [0.25, 0.3) is 10.6 Å². The summed E-state index contributed by atoms with van der Waals surface area (Å²) in [5, 5.41) is 8.65. The summed E-state index contributed by atoms with van der Waals surface area (Å²) in [4.78, 5) is 16.4. The van der Waals surface area contributed by atoms with E-state index >= 15 is 0 Å². The van der Waals surface area contributed by atoms with E-state index in [1.165, 1.54) is 30.7 Å². The second-order valence-electron chi connectivity index (χ2n) is 4.72. The first-order valence-corrected chi connectivity index (χ1v) is 7.55. The largest absolute Gasteiger partial charge is 0.494 e. The first-order valence-electron chi connectivity index (χ1n) is 6.67. The van der Waals surface area contributed by atoms with Crippen molar-refractivity contribution in [3.8, 4) is 16.3 Å². The van der Waals surface area contributed by atoms with Gasteiger partial charge in [0, 0.05) is 18.6 Å². The lowest BCUT2D eigenvalue weighted by Crippen LogP contribution is -2.11. The van der Waals surface area contributed by atoms with Crippen LogP contribution in [0.2, 0.25) is 0 Å². The normalized spacial score (nSPS) is 10.6. The van der Waals surface area contributed by atoms with Crippen molar-refractivity contribution >= 4 is 22.9 Å². The number of aryl methyl sites for hydroxylation is 1. The van der Waals surface area contributed by atoms with Crippen molar-refractivity contribution in [1.29, 1.82) is 0 Å². The minimum absolute atomic E-state index is 0.138. The average molecular weight is 332 g/mol. The SMILES string of the molecule is COc1cccc(-c2nc(C(=O)Nc3cnn(C)c3)cs2)c1F. The highest BCUT2D eigenvalue weighted by Crippen LogP contribution is 2.31. The topological polar surface area (TPSA) is 69.0 Å². The van der Waals surface area contributed by atoms with Crippen LogP contribution >= 0.6 is 11.3 Å². The molecular weight excluding hydrogens is 319 g/mol. The number of anilines is 1. The van der Waals surface area contributed by atoms with Crippen LogP contribution < -0.4 is 10.1 Å². The number of carbonyl (C=O) groups excluding carboxylic acids is 1. The summed E-state index contributed by atoms with van der Waals surface area (Å²) in [6, 6.07) is 4.80. The number of hydrogen-bond donors (Lipinski definition) is 1. The van der Waals surface area contributed by atoms with Crippen molar-refractivity contribution in [2.24, 2.45) is 7.05 Å². The molecule has 0 saturated heterocycles. The van der Waals surface area contributed by atoms with E-state index in [0.717, 1.165) is 0 Å². The van der Waals surface area contributed by atoms with Crippen LogP contribution in [0.1, 0.15) is 10.5 Å². The third-order valence-corrected chi connectivity index (χ3v) is 3.99. The third kappa shape index (κ3) is 3.07. The van der Waals surface area contributed by atoms with Gasteiger partial charge in [-0.05, 0) is 12.1 Å². The molecule has 0 unspecified atom stereocenters. The number of nitrogens with zero attached hydrogens (tertiary/aromatic N) is 3. The van der Waals surface area contributed by atoms with Crippen LogP contribution in [0.15, 0.2) is 36.0 Å². The smallest absolute Gasteiger partial charge is 0.275 e. The van der Waals surface area contributed by atoms with Gasteiger partial charge in [0.15, 0.2) is 11.6 Å². The van der Waals surface area contributed by atoms with Gasteiger partial charge in [-0.2, -0.15) is 5.10 Å². The van der Waals surface area contributed by atoms with E-state index in [0.29, 0.717) is 16.3 Å². The van der Waals surface area contributed by atoms with Gasteiger partial charge in [0.1, 0.15) is 10.7 Å². The molecule has 6 nitrogen and oxygen atoms in total. The van der Waals surface area contributed by atoms with Gasteiger partial charge in [-0.1, -0.05) is 6.07 Å². The molecule has 0 atom stereocenters. The van der Waals surface area contributed by atoms with Crippen molar-refractivity contribution in [2.45, 2.75) is 0 Å². The van der Waals surface area contributed by atoms with Crippen molar-refractivity contribution < 1.29 is 13.9 Å². The minimum Gasteiger partial charge on any atom is -0.494 e. The van der Waals surface area contributed by atoms with Crippen molar-refractivity contribution in [3.63, 3.8) is 0 Å². The van der Waals surface area contributed by atoms with Crippen LogP contribution in [0.5, 0.6) is 5.75 Å². The summed E-state index contributed by atoms with van der Waals surface area (Å²) in [5.41, 5.74) is 1.09. The molecule has 0 aliphatic heterocycles. The average Bonchev–Trinajstić information content (AvgIpc) is 3.17. The van der Waals surface area contributed by atoms with Gasteiger partial charge < -0.3 is 10.1 Å². The molecule has 0 saturated carbocycles. The van der Waals surface area contributed by atoms with Crippen molar-refractivity contribution in [2.75, 3.05) is 12.4 Å². The summed E-state index contributed by atoms with van der Waals surface area (Å²) in [5.74, 6) is -0.730. The standard InChI is InChI=1S/C15H13FN4O2S/c1-20-7-9(6-17-20)18-14(21)11-8-23-15(19-11)10-4-3-5-12(22-2)13(10)16/h3-8H,1-2H3,(H,18,21). The lowest BCUT2D eigenvalue weighted by molar-refractivity contribution is 0.102. The molecular formula is C15H13FN4O2S. The molecule has 8 heteroatoms. The summed E-state index contributed by atoms with van der Waals surface area (Å²) >= 11 is 1.19. The van der Waals surface area contributed by atoms with Crippen LogP contribution in [0, 0.1) is 5.82 Å². The Kier molecular flexibility index (Phi) is 4.07. The molecule has 1 aromatic carbocycles. The second kappa shape index (κ2) is 6.17. The monoisotopic (exact) mass is 332 g/mol. The summed E-state index contributed by atoms with van der Waals surface area (Å²) < 4.78 is 20.8. The second-order valence-corrected chi connectivity index (χ2v) is 5.57. The van der Waals surface area contributed by atoms with Gasteiger partial charge in [0.2, 0.25) is 0 Å². The van der Waals surface area contributed by atoms with Crippen LogP contribution in [0.3, 0.4) is 0 Å². The highest BCUT2D eigenvalue weighted by Gasteiger charge is 2.16. The highest BCUT2D eigenvalue weighted by molar-refractivity contribution is 7.13. The number of halogens is 1. The number of nitrogens with one attached hydrogen (secondary N) is 1. The number of carbonyl (C=O) groups is 1. The van der Waals surface area contributed by atoms with Crippen LogP contribution in [0.4, 0.5) is 10.1 Å². The molecule has 2 aromatic heterocycles. The Morgan fingerprint density at radius 2 is 2.26 bits per heavy atom. The number of hydrogen-bond acceptors (Lipinski definition) is 5. The van der Waals surface area contributed by atoms with Crippen molar-refractivity contribution in [3.05, 3.63) is 47.5 Å². The number of methoxy groups -OCH3 is 1. The lowest BCUT2D eigenvalue weighted by atomic mass is 10.2. The fourth-order valence-electron chi connectivity index (χ4n) is 2.02. The molecule has 0 bridgehead atoms. The van der Waals surface area contributed by atoms with E-state index in [9.17, 15) is 9.18 Å². The maximum Gasteiger partial charge on any atom is 0.275 e. The predicted octanol–water partition coefficient (Wildman–Crippen LogP) is 2.94. The molecule has 0 fully saturated rings. The molecule has 0 spiro atoms. The number of rotatable bonds is 4. The van der Waals surface area contributed by atoms with E-state index in [4.69, 9.17) is 4.74 Å². The fraction of sp³-hybridized carbons (Fsp3) is 0.133.